The van der Waals surface area contributed by atoms with Crippen LogP contribution in [0.25, 0.3) is 5.31 Å². The summed E-state index contributed by atoms with van der Waals surface area (Å²) >= 11 is 0. The Morgan fingerprint density at radius 1 is 1.26 bits per heavy atom. The van der Waals surface area contributed by atoms with Crippen molar-refractivity contribution in [3.63, 3.8) is 0 Å². The summed E-state index contributed by atoms with van der Waals surface area (Å²) in [6.07, 6.45) is 7.45. The van der Waals surface area contributed by atoms with Crippen molar-refractivity contribution < 1.29 is 18.3 Å². The van der Waals surface area contributed by atoms with Gasteiger partial charge in [-0.2, -0.15) is 4.39 Å². The number of allylic oxidation sites excluding steroid dienone is 1. The third-order valence-corrected chi connectivity index (χ3v) is 6.36. The van der Waals surface area contributed by atoms with Crippen LogP contribution in [0.3, 0.4) is 0 Å². The second kappa shape index (κ2) is 7.41. The number of carbonyl (C=O) groups excluding carboxylic acids is 1. The lowest BCUT2D eigenvalue weighted by Crippen LogP contribution is -2.44. The number of methoxy groups -OCH3 is 1. The van der Waals surface area contributed by atoms with E-state index < -0.39 is 11.6 Å². The van der Waals surface area contributed by atoms with Crippen molar-refractivity contribution in [1.82, 2.24) is 15.1 Å². The molecule has 1 N–H and O–H groups in total. The molecule has 3 aliphatic heterocycles. The molecule has 3 heterocycles. The Labute approximate surface area is 158 Å². The predicted octanol–water partition coefficient (Wildman–Crippen LogP) is 2.48. The summed E-state index contributed by atoms with van der Waals surface area (Å²) in [6.45, 7) is 3.65. The Bertz CT molecular complexity index is 863. The fraction of sp³-hybridized carbons (Fsp3) is 0.316. The zero-order chi connectivity index (χ0) is 19.0. The molecule has 2 atom stereocenters. The van der Waals surface area contributed by atoms with Crippen molar-refractivity contribution >= 4 is 19.8 Å². The van der Waals surface area contributed by atoms with Crippen molar-refractivity contribution in [3.05, 3.63) is 59.5 Å². The van der Waals surface area contributed by atoms with Crippen molar-refractivity contribution in [3.8, 4) is 5.75 Å². The normalized spacial score (nSPS) is 23.2. The smallest absolute Gasteiger partial charge is 0.252 e. The molecule has 2 unspecified atom stereocenters. The van der Waals surface area contributed by atoms with E-state index in [2.05, 4.69) is 10.2 Å². The number of carbonyl (C=O) groups is 1. The zero-order valence-corrected chi connectivity index (χ0v) is 15.8. The highest BCUT2D eigenvalue weighted by Gasteiger charge is 2.30. The summed E-state index contributed by atoms with van der Waals surface area (Å²) in [6, 6.07) is 2.56. The third kappa shape index (κ3) is 3.49. The van der Waals surface area contributed by atoms with Crippen LogP contribution < -0.4 is 10.1 Å². The van der Waals surface area contributed by atoms with Gasteiger partial charge in [0.1, 0.15) is 0 Å². The summed E-state index contributed by atoms with van der Waals surface area (Å²) in [5.41, 5.74) is 1.50. The Hall–Kier alpha value is -2.24. The molecule has 4 rings (SSSR count). The first-order valence-corrected chi connectivity index (χ1v) is 9.84. The highest BCUT2D eigenvalue weighted by atomic mass is 31.1. The molecule has 5 nitrogen and oxygen atoms in total. The van der Waals surface area contributed by atoms with E-state index in [0.29, 0.717) is 10.9 Å². The van der Waals surface area contributed by atoms with Crippen molar-refractivity contribution in [2.24, 2.45) is 0 Å². The van der Waals surface area contributed by atoms with Crippen molar-refractivity contribution in [2.45, 2.75) is 5.78 Å². The van der Waals surface area contributed by atoms with Gasteiger partial charge < -0.3 is 19.9 Å². The van der Waals surface area contributed by atoms with E-state index in [4.69, 9.17) is 4.74 Å². The molecule has 8 heteroatoms. The minimum atomic E-state index is -1.02. The predicted molar refractivity (Wildman–Crippen MR) is 102 cm³/mol. The third-order valence-electron chi connectivity index (χ3n) is 4.85. The number of nitrogens with zero attached hydrogens (tertiary/aromatic N) is 2. The quantitative estimate of drug-likeness (QED) is 0.805. The maximum Gasteiger partial charge on any atom is 0.252 e. The molecule has 1 saturated heterocycles. The molecule has 0 aliphatic carbocycles. The molecule has 0 radical (unpaired) electrons. The second-order valence-electron chi connectivity index (χ2n) is 6.52. The first kappa shape index (κ1) is 18.1. The van der Waals surface area contributed by atoms with Crippen LogP contribution in [0.15, 0.2) is 42.3 Å². The molecule has 1 amide bonds. The summed E-state index contributed by atoms with van der Waals surface area (Å²) in [4.78, 5) is 16.7. The molecule has 0 saturated carbocycles. The van der Waals surface area contributed by atoms with Crippen LogP contribution in [0.5, 0.6) is 5.75 Å². The number of benzene rings is 1. The molecule has 0 spiro atoms. The molecule has 142 valence electrons. The maximum absolute atomic E-state index is 13.9. The summed E-state index contributed by atoms with van der Waals surface area (Å²) in [5.74, 6) is -2.43. The van der Waals surface area contributed by atoms with E-state index in [1.165, 1.54) is 19.3 Å². The number of hydrogen-bond donors (Lipinski definition) is 1. The van der Waals surface area contributed by atoms with Crippen LogP contribution in [-0.2, 0) is 4.79 Å². The highest BCUT2D eigenvalue weighted by molar-refractivity contribution is 7.51. The fourth-order valence-electron chi connectivity index (χ4n) is 3.41. The van der Waals surface area contributed by atoms with Crippen LogP contribution in [0.1, 0.15) is 5.56 Å². The number of nitrogens with one attached hydrogen (secondary N) is 1. The van der Waals surface area contributed by atoms with E-state index in [1.54, 1.807) is 4.90 Å². The van der Waals surface area contributed by atoms with E-state index >= 15 is 0 Å². The Morgan fingerprint density at radius 2 is 2.04 bits per heavy atom. The average molecular weight is 391 g/mol. The van der Waals surface area contributed by atoms with Crippen LogP contribution in [0, 0.1) is 11.6 Å². The van der Waals surface area contributed by atoms with Gasteiger partial charge in [0.2, 0.25) is 5.82 Å². The van der Waals surface area contributed by atoms with E-state index in [9.17, 15) is 13.6 Å². The molecule has 1 aromatic carbocycles. The van der Waals surface area contributed by atoms with Gasteiger partial charge in [-0.15, -0.1) is 0 Å². The number of rotatable bonds is 3. The standard InChI is InChI=1S/C19H20F2N3O2P/c1-26-15-9-12(8-14(20)19(15)21)16-10-17(25)24-11-13(2-3-18(24)27-16)23-6-4-22-5-7-23/h2-3,8-11,18,22,27H,4-7H2,1H3. The van der Waals surface area contributed by atoms with Crippen LogP contribution >= 0.6 is 8.58 Å². The number of amides is 1. The van der Waals surface area contributed by atoms with Gasteiger partial charge in [-0.3, -0.25) is 4.79 Å². The SMILES string of the molecule is COc1cc(C2=CC(=O)N3C=C(N4CCNCC4)C=CC3P2)cc(F)c1F. The minimum Gasteiger partial charge on any atom is -0.494 e. The van der Waals surface area contributed by atoms with Gasteiger partial charge in [0.15, 0.2) is 11.6 Å². The molecule has 1 fully saturated rings. The second-order valence-corrected chi connectivity index (χ2v) is 7.94. The fourth-order valence-corrected chi connectivity index (χ4v) is 4.78. The van der Waals surface area contributed by atoms with Crippen molar-refractivity contribution in [2.75, 3.05) is 33.3 Å². The van der Waals surface area contributed by atoms with E-state index in [-0.39, 0.29) is 26.0 Å². The summed E-state index contributed by atoms with van der Waals surface area (Å²) in [7, 11) is 1.52. The number of hydrogen-bond acceptors (Lipinski definition) is 4. The van der Waals surface area contributed by atoms with Crippen LogP contribution in [0.4, 0.5) is 8.78 Å². The van der Waals surface area contributed by atoms with E-state index in [0.717, 1.165) is 37.9 Å². The average Bonchev–Trinajstić information content (AvgIpc) is 2.70. The molecular formula is C19H20F2N3O2P. The molecule has 27 heavy (non-hydrogen) atoms. The topological polar surface area (TPSA) is 44.8 Å². The van der Waals surface area contributed by atoms with Gasteiger partial charge in [-0.25, -0.2) is 4.39 Å². The first-order valence-electron chi connectivity index (χ1n) is 8.76. The van der Waals surface area contributed by atoms with E-state index in [1.807, 2.05) is 18.4 Å². The number of piperazine rings is 1. The van der Waals surface area contributed by atoms with Crippen LogP contribution in [0.2, 0.25) is 0 Å². The Kier molecular flexibility index (Phi) is 4.98. The van der Waals surface area contributed by atoms with Crippen molar-refractivity contribution in [1.29, 1.82) is 0 Å². The lowest BCUT2D eigenvalue weighted by Gasteiger charge is -2.37. The molecule has 1 aromatic rings. The minimum absolute atomic E-state index is 0.108. The number of ether oxygens (including phenoxy) is 1. The van der Waals surface area contributed by atoms with Gasteiger partial charge >= 0.3 is 0 Å². The summed E-state index contributed by atoms with van der Waals surface area (Å²) < 4.78 is 32.5. The zero-order valence-electron chi connectivity index (χ0n) is 14.8. The van der Waals surface area contributed by atoms with Gasteiger partial charge in [0.05, 0.1) is 18.6 Å². The molecule has 0 aromatic heterocycles. The maximum atomic E-state index is 13.9. The lowest BCUT2D eigenvalue weighted by atomic mass is 10.1. The lowest BCUT2D eigenvalue weighted by molar-refractivity contribution is -0.123. The largest absolute Gasteiger partial charge is 0.494 e. The highest BCUT2D eigenvalue weighted by Crippen LogP contribution is 2.45. The van der Waals surface area contributed by atoms with Gasteiger partial charge in [-0.1, -0.05) is 14.7 Å². The Balaban J connectivity index is 1.61. The van der Waals surface area contributed by atoms with Gasteiger partial charge in [-0.05, 0) is 29.1 Å². The number of fused-ring (bicyclic) bond motifs is 1. The monoisotopic (exact) mass is 391 g/mol. The van der Waals surface area contributed by atoms with Gasteiger partial charge in [0.25, 0.3) is 5.91 Å². The molecule has 3 aliphatic rings. The van der Waals surface area contributed by atoms with Gasteiger partial charge in [0, 0.05) is 38.5 Å². The molecule has 0 bridgehead atoms. The van der Waals surface area contributed by atoms with Crippen LogP contribution in [-0.4, -0.2) is 54.8 Å². The number of halogens is 2. The summed E-state index contributed by atoms with van der Waals surface area (Å²) in [5, 5.41) is 4.01. The first-order chi connectivity index (χ1) is 13.1. The molecular weight excluding hydrogens is 371 g/mol. The Morgan fingerprint density at radius 3 is 2.78 bits per heavy atom.